The molecule has 0 fully saturated rings. The van der Waals surface area contributed by atoms with Gasteiger partial charge in [0, 0.05) is 12.2 Å². The van der Waals surface area contributed by atoms with Gasteiger partial charge in [0.2, 0.25) is 5.23 Å². The normalized spacial score (nSPS) is 25.4. The molecular formula is C11H21NOS. The molecule has 1 rings (SSSR count). The summed E-state index contributed by atoms with van der Waals surface area (Å²) in [4.78, 5) is 4.59. The van der Waals surface area contributed by atoms with Crippen molar-refractivity contribution >= 4 is 17.0 Å². The highest BCUT2D eigenvalue weighted by Crippen LogP contribution is 2.27. The van der Waals surface area contributed by atoms with Crippen molar-refractivity contribution < 1.29 is 4.74 Å². The van der Waals surface area contributed by atoms with Gasteiger partial charge in [-0.15, -0.1) is 0 Å². The minimum atomic E-state index is 0.0617. The van der Waals surface area contributed by atoms with Crippen molar-refractivity contribution in [3.63, 3.8) is 0 Å². The fraction of sp³-hybridized carbons (Fsp3) is 0.909. The van der Waals surface area contributed by atoms with E-state index >= 15 is 0 Å². The molecule has 3 heteroatoms. The molecule has 0 saturated heterocycles. The first kappa shape index (κ1) is 11.9. The van der Waals surface area contributed by atoms with E-state index in [1.807, 2.05) is 0 Å². The highest BCUT2D eigenvalue weighted by Gasteiger charge is 2.27. The van der Waals surface area contributed by atoms with Gasteiger partial charge in [-0.1, -0.05) is 25.1 Å². The van der Waals surface area contributed by atoms with Crippen LogP contribution >= 0.6 is 11.8 Å². The maximum atomic E-state index is 5.68. The van der Waals surface area contributed by atoms with E-state index in [0.717, 1.165) is 17.4 Å². The number of nitrogens with zero attached hydrogens (tertiary/aromatic N) is 1. The van der Waals surface area contributed by atoms with Crippen molar-refractivity contribution in [3.05, 3.63) is 0 Å². The van der Waals surface area contributed by atoms with Gasteiger partial charge in [-0.25, -0.2) is 4.99 Å². The third-order valence-corrected chi connectivity index (χ3v) is 3.13. The lowest BCUT2D eigenvalue weighted by Crippen LogP contribution is -2.32. The van der Waals surface area contributed by atoms with E-state index in [0.29, 0.717) is 6.10 Å². The molecule has 0 amide bonds. The topological polar surface area (TPSA) is 21.6 Å². The minimum absolute atomic E-state index is 0.0617. The molecule has 0 aliphatic carbocycles. The molecule has 0 aromatic heterocycles. The highest BCUT2D eigenvalue weighted by atomic mass is 32.2. The van der Waals surface area contributed by atoms with Crippen molar-refractivity contribution in [3.8, 4) is 0 Å². The summed E-state index contributed by atoms with van der Waals surface area (Å²) >= 11 is 1.76. The quantitative estimate of drug-likeness (QED) is 0.672. The lowest BCUT2D eigenvalue weighted by atomic mass is 9.98. The second-order valence-electron chi connectivity index (χ2n) is 4.52. The molecule has 1 atom stereocenters. The number of aliphatic imine (C=N–C) groups is 1. The molecule has 82 valence electrons. The van der Waals surface area contributed by atoms with Crippen LogP contribution < -0.4 is 0 Å². The van der Waals surface area contributed by atoms with Crippen LogP contribution in [0.2, 0.25) is 0 Å². The number of thioether (sulfide) groups is 1. The molecule has 1 aliphatic heterocycles. The van der Waals surface area contributed by atoms with Crippen LogP contribution in [-0.4, -0.2) is 22.6 Å². The average molecular weight is 215 g/mol. The van der Waals surface area contributed by atoms with Crippen LogP contribution in [0.4, 0.5) is 0 Å². The Morgan fingerprint density at radius 3 is 2.86 bits per heavy atom. The smallest absolute Gasteiger partial charge is 0.246 e. The number of ether oxygens (including phenoxy) is 1. The molecule has 1 heterocycles. The zero-order valence-corrected chi connectivity index (χ0v) is 10.5. The predicted octanol–water partition coefficient (Wildman–Crippen LogP) is 3.46. The summed E-state index contributed by atoms with van der Waals surface area (Å²) in [6.07, 6.45) is 3.80. The second kappa shape index (κ2) is 5.06. The Bertz CT molecular complexity index is 213. The van der Waals surface area contributed by atoms with Crippen LogP contribution in [0.5, 0.6) is 0 Å². The Morgan fingerprint density at radius 2 is 2.29 bits per heavy atom. The molecule has 0 bridgehead atoms. The Hall–Kier alpha value is -0.180. The summed E-state index contributed by atoms with van der Waals surface area (Å²) in [5.74, 6) is 1.12. The number of rotatable bonds is 3. The van der Waals surface area contributed by atoms with Crippen LogP contribution in [0.25, 0.3) is 0 Å². The summed E-state index contributed by atoms with van der Waals surface area (Å²) in [6.45, 7) is 8.67. The predicted molar refractivity (Wildman–Crippen MR) is 64.0 cm³/mol. The summed E-state index contributed by atoms with van der Waals surface area (Å²) in [7, 11) is 0. The van der Waals surface area contributed by atoms with Crippen molar-refractivity contribution in [2.24, 2.45) is 4.99 Å². The Morgan fingerprint density at radius 1 is 1.57 bits per heavy atom. The SMILES string of the molecule is CCCCSC1=NC(C)(C)C[C@H](C)O1. The van der Waals surface area contributed by atoms with Crippen LogP contribution in [0.3, 0.4) is 0 Å². The second-order valence-corrected chi connectivity index (χ2v) is 5.57. The summed E-state index contributed by atoms with van der Waals surface area (Å²) in [5, 5.41) is 0.891. The van der Waals surface area contributed by atoms with Crippen molar-refractivity contribution in [2.45, 2.75) is 58.6 Å². The average Bonchev–Trinajstić information content (AvgIpc) is 2.00. The van der Waals surface area contributed by atoms with E-state index < -0.39 is 0 Å². The van der Waals surface area contributed by atoms with E-state index in [9.17, 15) is 0 Å². The van der Waals surface area contributed by atoms with Crippen molar-refractivity contribution in [2.75, 3.05) is 5.75 Å². The molecule has 2 nitrogen and oxygen atoms in total. The first-order chi connectivity index (χ1) is 6.53. The van der Waals surface area contributed by atoms with Gasteiger partial charge < -0.3 is 4.74 Å². The van der Waals surface area contributed by atoms with Gasteiger partial charge in [0.25, 0.3) is 0 Å². The molecule has 0 unspecified atom stereocenters. The van der Waals surface area contributed by atoms with Crippen LogP contribution in [0, 0.1) is 0 Å². The maximum absolute atomic E-state index is 5.68. The van der Waals surface area contributed by atoms with Crippen molar-refractivity contribution in [1.82, 2.24) is 0 Å². The van der Waals surface area contributed by atoms with Gasteiger partial charge in [-0.05, 0) is 27.2 Å². The zero-order valence-electron chi connectivity index (χ0n) is 9.67. The summed E-state index contributed by atoms with van der Waals surface area (Å²) in [5.41, 5.74) is 0.0617. The van der Waals surface area contributed by atoms with Gasteiger partial charge in [0.1, 0.15) is 6.10 Å². The lowest BCUT2D eigenvalue weighted by molar-refractivity contribution is 0.152. The van der Waals surface area contributed by atoms with Gasteiger partial charge in [0.05, 0.1) is 5.54 Å². The van der Waals surface area contributed by atoms with E-state index in [1.54, 1.807) is 11.8 Å². The molecule has 0 aromatic carbocycles. The monoisotopic (exact) mass is 215 g/mol. The third-order valence-electron chi connectivity index (χ3n) is 2.21. The van der Waals surface area contributed by atoms with Gasteiger partial charge in [-0.3, -0.25) is 0 Å². The van der Waals surface area contributed by atoms with Crippen molar-refractivity contribution in [1.29, 1.82) is 0 Å². The summed E-state index contributed by atoms with van der Waals surface area (Å²) in [6, 6.07) is 0. The number of hydrogen-bond acceptors (Lipinski definition) is 3. The molecule has 14 heavy (non-hydrogen) atoms. The fourth-order valence-corrected chi connectivity index (χ4v) is 2.76. The Kier molecular flexibility index (Phi) is 4.30. The molecule has 0 saturated carbocycles. The molecule has 0 N–H and O–H groups in total. The van der Waals surface area contributed by atoms with Crippen LogP contribution in [0.15, 0.2) is 4.99 Å². The molecular weight excluding hydrogens is 194 g/mol. The third kappa shape index (κ3) is 3.91. The van der Waals surface area contributed by atoms with E-state index in [4.69, 9.17) is 4.74 Å². The standard InChI is InChI=1S/C11H21NOS/c1-5-6-7-14-10-12-11(3,4)8-9(2)13-10/h9H,5-8H2,1-4H3/t9-/m0/s1. The first-order valence-corrected chi connectivity index (χ1v) is 6.41. The van der Waals surface area contributed by atoms with Crippen LogP contribution in [0.1, 0.15) is 47.0 Å². The molecule has 0 spiro atoms. The maximum Gasteiger partial charge on any atom is 0.246 e. The van der Waals surface area contributed by atoms with E-state index in [-0.39, 0.29) is 5.54 Å². The van der Waals surface area contributed by atoms with E-state index in [2.05, 4.69) is 32.7 Å². The highest BCUT2D eigenvalue weighted by molar-refractivity contribution is 8.13. The largest absolute Gasteiger partial charge is 0.470 e. The van der Waals surface area contributed by atoms with Gasteiger partial charge in [0.15, 0.2) is 0 Å². The molecule has 0 radical (unpaired) electrons. The molecule has 0 aromatic rings. The number of hydrogen-bond donors (Lipinski definition) is 0. The lowest BCUT2D eigenvalue weighted by Gasteiger charge is -2.31. The van der Waals surface area contributed by atoms with Gasteiger partial charge in [-0.2, -0.15) is 0 Å². The van der Waals surface area contributed by atoms with E-state index in [1.165, 1.54) is 12.8 Å². The summed E-state index contributed by atoms with van der Waals surface area (Å²) < 4.78 is 5.68. The van der Waals surface area contributed by atoms with Gasteiger partial charge >= 0.3 is 0 Å². The Balaban J connectivity index is 2.46. The Labute approximate surface area is 91.5 Å². The zero-order chi connectivity index (χ0) is 10.6. The van der Waals surface area contributed by atoms with Crippen LogP contribution in [-0.2, 0) is 4.74 Å². The molecule has 1 aliphatic rings. The first-order valence-electron chi connectivity index (χ1n) is 5.43. The minimum Gasteiger partial charge on any atom is -0.470 e. The number of unbranched alkanes of at least 4 members (excludes halogenated alkanes) is 1. The fourth-order valence-electron chi connectivity index (χ4n) is 1.61.